The van der Waals surface area contributed by atoms with E-state index in [0.717, 1.165) is 0 Å². The lowest BCUT2D eigenvalue weighted by atomic mass is 10.2. The predicted octanol–water partition coefficient (Wildman–Crippen LogP) is 1.53. The zero-order valence-electron chi connectivity index (χ0n) is 9.53. The van der Waals surface area contributed by atoms with Crippen molar-refractivity contribution in [3.63, 3.8) is 0 Å². The van der Waals surface area contributed by atoms with Gasteiger partial charge in [0.1, 0.15) is 11.6 Å². The topological polar surface area (TPSA) is 61.8 Å². The molecule has 0 spiro atoms. The van der Waals surface area contributed by atoms with Gasteiger partial charge in [0.05, 0.1) is 6.54 Å². The maximum atomic E-state index is 13.4. The van der Waals surface area contributed by atoms with E-state index in [0.29, 0.717) is 6.54 Å². The van der Waals surface area contributed by atoms with Gasteiger partial charge < -0.3 is 10.9 Å². The van der Waals surface area contributed by atoms with E-state index in [2.05, 4.69) is 5.16 Å². The Morgan fingerprint density at radius 2 is 2.00 bits per heavy atom. The number of halogens is 2. The van der Waals surface area contributed by atoms with Crippen LogP contribution >= 0.6 is 0 Å². The predicted molar refractivity (Wildman–Crippen MR) is 60.7 cm³/mol. The Morgan fingerprint density at radius 3 is 2.47 bits per heavy atom. The Balaban J connectivity index is 2.80. The van der Waals surface area contributed by atoms with Crippen LogP contribution in [-0.4, -0.2) is 29.0 Å². The Kier molecular flexibility index (Phi) is 4.84. The molecule has 3 N–H and O–H groups in total. The van der Waals surface area contributed by atoms with Crippen molar-refractivity contribution in [2.45, 2.75) is 13.5 Å². The number of hydrogen-bond acceptors (Lipinski definition) is 3. The third-order valence-electron chi connectivity index (χ3n) is 2.40. The van der Waals surface area contributed by atoms with Crippen LogP contribution in [0, 0.1) is 11.6 Å². The van der Waals surface area contributed by atoms with Gasteiger partial charge in [0.15, 0.2) is 5.84 Å². The highest BCUT2D eigenvalue weighted by atomic mass is 19.1. The van der Waals surface area contributed by atoms with E-state index in [1.807, 2.05) is 6.92 Å². The fraction of sp³-hybridized carbons (Fsp3) is 0.364. The van der Waals surface area contributed by atoms with Crippen molar-refractivity contribution < 1.29 is 14.0 Å². The number of likely N-dealkylation sites (N-methyl/N-ethyl adjacent to an activating group) is 1. The highest BCUT2D eigenvalue weighted by Crippen LogP contribution is 2.14. The largest absolute Gasteiger partial charge is 0.409 e. The second-order valence-corrected chi connectivity index (χ2v) is 3.59. The van der Waals surface area contributed by atoms with Crippen molar-refractivity contribution >= 4 is 5.84 Å². The van der Waals surface area contributed by atoms with Gasteiger partial charge in [-0.1, -0.05) is 18.1 Å². The maximum absolute atomic E-state index is 13.4. The normalized spacial score (nSPS) is 12.1. The fourth-order valence-electron chi connectivity index (χ4n) is 1.45. The first kappa shape index (κ1) is 13.4. The van der Waals surface area contributed by atoms with E-state index in [4.69, 9.17) is 10.9 Å². The molecule has 4 nitrogen and oxygen atoms in total. The lowest BCUT2D eigenvalue weighted by molar-refractivity contribution is 0.289. The lowest BCUT2D eigenvalue weighted by Crippen LogP contribution is -2.34. The molecule has 0 aromatic heterocycles. The summed E-state index contributed by atoms with van der Waals surface area (Å²) in [5, 5.41) is 11.3. The number of nitrogens with two attached hydrogens (primary N) is 1. The molecule has 0 fully saturated rings. The molecule has 94 valence electrons. The summed E-state index contributed by atoms with van der Waals surface area (Å²) in [4.78, 5) is 1.66. The number of oxime groups is 1. The highest BCUT2D eigenvalue weighted by molar-refractivity contribution is 5.81. The number of benzene rings is 1. The first-order valence-corrected chi connectivity index (χ1v) is 5.20. The van der Waals surface area contributed by atoms with Crippen molar-refractivity contribution in [1.82, 2.24) is 4.90 Å². The zero-order valence-corrected chi connectivity index (χ0v) is 9.53. The average Bonchev–Trinajstić information content (AvgIpc) is 2.32. The standard InChI is InChI=1S/C11H15F2N3O/c1-2-16(7-11(14)15-17)6-8-9(12)4-3-5-10(8)13/h3-5,17H,2,6-7H2,1H3,(H2,14,15). The molecule has 0 heterocycles. The molecule has 0 radical (unpaired) electrons. The molecule has 1 aromatic rings. The molecule has 1 aromatic carbocycles. The summed E-state index contributed by atoms with van der Waals surface area (Å²) in [6.45, 7) is 2.58. The van der Waals surface area contributed by atoms with Gasteiger partial charge in [-0.25, -0.2) is 8.78 Å². The van der Waals surface area contributed by atoms with Gasteiger partial charge in [-0.05, 0) is 18.7 Å². The summed E-state index contributed by atoms with van der Waals surface area (Å²) in [6.07, 6.45) is 0. The number of nitrogens with zero attached hydrogens (tertiary/aromatic N) is 2. The average molecular weight is 243 g/mol. The van der Waals surface area contributed by atoms with Crippen LogP contribution in [0.3, 0.4) is 0 Å². The molecule has 0 aliphatic rings. The molecular formula is C11H15F2N3O. The summed E-state index contributed by atoms with van der Waals surface area (Å²) in [6, 6.07) is 3.72. The van der Waals surface area contributed by atoms with E-state index < -0.39 is 11.6 Å². The van der Waals surface area contributed by atoms with E-state index in [1.54, 1.807) is 4.90 Å². The first-order valence-electron chi connectivity index (χ1n) is 5.20. The van der Waals surface area contributed by atoms with Crippen LogP contribution < -0.4 is 5.73 Å². The smallest absolute Gasteiger partial charge is 0.153 e. The van der Waals surface area contributed by atoms with Crippen LogP contribution in [0.2, 0.25) is 0 Å². The SMILES string of the molecule is CCN(C/C(N)=N/O)Cc1c(F)cccc1F. The van der Waals surface area contributed by atoms with Crippen LogP contribution in [-0.2, 0) is 6.54 Å². The molecule has 0 aliphatic heterocycles. The van der Waals surface area contributed by atoms with Gasteiger partial charge in [-0.2, -0.15) is 0 Å². The molecule has 0 saturated heterocycles. The summed E-state index contributed by atoms with van der Waals surface area (Å²) in [5.74, 6) is -1.19. The van der Waals surface area contributed by atoms with E-state index >= 15 is 0 Å². The van der Waals surface area contributed by atoms with E-state index in [9.17, 15) is 8.78 Å². The lowest BCUT2D eigenvalue weighted by Gasteiger charge is -2.20. The molecular weight excluding hydrogens is 228 g/mol. The van der Waals surface area contributed by atoms with Crippen molar-refractivity contribution in [2.24, 2.45) is 10.9 Å². The van der Waals surface area contributed by atoms with Gasteiger partial charge in [-0.3, -0.25) is 4.90 Å². The fourth-order valence-corrected chi connectivity index (χ4v) is 1.45. The quantitative estimate of drug-likeness (QED) is 0.357. The molecule has 0 amide bonds. The monoisotopic (exact) mass is 243 g/mol. The van der Waals surface area contributed by atoms with E-state index in [-0.39, 0.29) is 24.5 Å². The second kappa shape index (κ2) is 6.15. The first-order chi connectivity index (χ1) is 8.08. The third-order valence-corrected chi connectivity index (χ3v) is 2.40. The number of rotatable bonds is 5. The molecule has 1 rings (SSSR count). The minimum atomic E-state index is -0.594. The summed E-state index contributed by atoms with van der Waals surface area (Å²) >= 11 is 0. The number of amidine groups is 1. The van der Waals surface area contributed by atoms with Gasteiger partial charge in [0, 0.05) is 12.1 Å². The Bertz CT molecular complexity index is 389. The molecule has 6 heteroatoms. The Hall–Kier alpha value is -1.69. The van der Waals surface area contributed by atoms with Crippen LogP contribution in [0.1, 0.15) is 12.5 Å². The summed E-state index contributed by atoms with van der Waals surface area (Å²) in [7, 11) is 0. The van der Waals surface area contributed by atoms with Crippen LogP contribution in [0.15, 0.2) is 23.4 Å². The molecule has 17 heavy (non-hydrogen) atoms. The van der Waals surface area contributed by atoms with Gasteiger partial charge in [-0.15, -0.1) is 0 Å². The summed E-state index contributed by atoms with van der Waals surface area (Å²) < 4.78 is 26.8. The number of hydrogen-bond donors (Lipinski definition) is 2. The molecule has 0 unspecified atom stereocenters. The summed E-state index contributed by atoms with van der Waals surface area (Å²) in [5.41, 5.74) is 5.34. The Labute approximate surface area is 98.3 Å². The van der Waals surface area contributed by atoms with Crippen LogP contribution in [0.25, 0.3) is 0 Å². The van der Waals surface area contributed by atoms with Gasteiger partial charge in [0.25, 0.3) is 0 Å². The molecule has 0 bridgehead atoms. The van der Waals surface area contributed by atoms with Crippen molar-refractivity contribution in [3.05, 3.63) is 35.4 Å². The molecule has 0 saturated carbocycles. The maximum Gasteiger partial charge on any atom is 0.153 e. The van der Waals surface area contributed by atoms with Gasteiger partial charge >= 0.3 is 0 Å². The van der Waals surface area contributed by atoms with Crippen molar-refractivity contribution in [1.29, 1.82) is 0 Å². The molecule has 0 aliphatic carbocycles. The van der Waals surface area contributed by atoms with Gasteiger partial charge in [0.2, 0.25) is 0 Å². The second-order valence-electron chi connectivity index (χ2n) is 3.59. The van der Waals surface area contributed by atoms with Crippen molar-refractivity contribution in [2.75, 3.05) is 13.1 Å². The zero-order chi connectivity index (χ0) is 12.8. The van der Waals surface area contributed by atoms with E-state index in [1.165, 1.54) is 18.2 Å². The minimum Gasteiger partial charge on any atom is -0.409 e. The Morgan fingerprint density at radius 1 is 1.41 bits per heavy atom. The molecule has 0 atom stereocenters. The van der Waals surface area contributed by atoms with Crippen LogP contribution in [0.4, 0.5) is 8.78 Å². The van der Waals surface area contributed by atoms with Crippen LogP contribution in [0.5, 0.6) is 0 Å². The highest BCUT2D eigenvalue weighted by Gasteiger charge is 2.13. The third kappa shape index (κ3) is 3.67. The minimum absolute atomic E-state index is 0.00333. The van der Waals surface area contributed by atoms with Crippen molar-refractivity contribution in [3.8, 4) is 0 Å².